The average molecular weight is 393 g/mol. The summed E-state index contributed by atoms with van der Waals surface area (Å²) in [5.74, 6) is 6.84. The van der Waals surface area contributed by atoms with Crippen molar-refractivity contribution in [1.82, 2.24) is 19.9 Å². The quantitative estimate of drug-likeness (QED) is 0.728. The van der Waals surface area contributed by atoms with Crippen molar-refractivity contribution in [3.8, 4) is 11.8 Å². The highest BCUT2D eigenvalue weighted by Crippen LogP contribution is 2.28. The number of hydrogen-bond donors (Lipinski definition) is 0. The van der Waals surface area contributed by atoms with Crippen molar-refractivity contribution in [2.24, 2.45) is 5.41 Å². The fourth-order valence-electron chi connectivity index (χ4n) is 4.35. The van der Waals surface area contributed by atoms with E-state index in [1.807, 2.05) is 4.68 Å². The van der Waals surface area contributed by atoms with E-state index in [1.165, 1.54) is 18.4 Å². The van der Waals surface area contributed by atoms with Crippen LogP contribution in [0.15, 0.2) is 30.5 Å². The van der Waals surface area contributed by atoms with Crippen molar-refractivity contribution >= 4 is 0 Å². The van der Waals surface area contributed by atoms with Crippen LogP contribution in [0.3, 0.4) is 0 Å². The third kappa shape index (κ3) is 5.26. The molecular weight excluding hydrogens is 360 g/mol. The molecule has 154 valence electrons. The minimum Gasteiger partial charge on any atom is -0.376 e. The molecule has 2 unspecified atom stereocenters. The third-order valence-electron chi connectivity index (χ3n) is 5.89. The molecule has 5 nitrogen and oxygen atoms in total. The lowest BCUT2D eigenvalue weighted by Gasteiger charge is -2.44. The maximum absolute atomic E-state index is 5.82. The van der Waals surface area contributed by atoms with Crippen molar-refractivity contribution in [1.29, 1.82) is 0 Å². The van der Waals surface area contributed by atoms with Crippen LogP contribution >= 0.6 is 0 Å². The highest BCUT2D eigenvalue weighted by molar-refractivity contribution is 5.40. The van der Waals surface area contributed by atoms with Crippen LogP contribution in [0, 0.1) is 17.3 Å². The molecule has 0 N–H and O–H groups in total. The van der Waals surface area contributed by atoms with Gasteiger partial charge in [-0.1, -0.05) is 50.0 Å². The summed E-state index contributed by atoms with van der Waals surface area (Å²) in [5, 5.41) is 8.75. The second kappa shape index (κ2) is 8.69. The lowest BCUT2D eigenvalue weighted by atomic mass is 9.84. The Kier molecular flexibility index (Phi) is 6.03. The van der Waals surface area contributed by atoms with Gasteiger partial charge in [-0.15, -0.1) is 5.10 Å². The molecule has 5 heteroatoms. The van der Waals surface area contributed by atoms with E-state index in [-0.39, 0.29) is 12.0 Å². The minimum atomic E-state index is 0.189. The van der Waals surface area contributed by atoms with Crippen molar-refractivity contribution < 1.29 is 4.74 Å². The summed E-state index contributed by atoms with van der Waals surface area (Å²) in [6, 6.07) is 8.50. The Bertz CT molecular complexity index is 878. The van der Waals surface area contributed by atoms with Crippen LogP contribution in [0.4, 0.5) is 0 Å². The fourth-order valence-corrected chi connectivity index (χ4v) is 4.35. The molecule has 2 aliphatic heterocycles. The standard InChI is InChI=1S/C24H32N4O/c1-19(23-16-28(26-25-23)15-22-11-4-5-13-29-22)21-10-6-8-20(14-21)9-7-12-27-17-24(2,3)18-27/h6,8,10,14,16,19,22H,4-5,11-13,15,17-18H2,1-3H3. The highest BCUT2D eigenvalue weighted by Gasteiger charge is 2.33. The van der Waals surface area contributed by atoms with Crippen LogP contribution in [-0.4, -0.2) is 52.2 Å². The van der Waals surface area contributed by atoms with Gasteiger partial charge in [-0.3, -0.25) is 4.90 Å². The van der Waals surface area contributed by atoms with Crippen LogP contribution in [0.25, 0.3) is 0 Å². The van der Waals surface area contributed by atoms with Crippen molar-refractivity contribution in [3.05, 3.63) is 47.3 Å². The van der Waals surface area contributed by atoms with Gasteiger partial charge in [0.15, 0.2) is 0 Å². The van der Waals surface area contributed by atoms with Crippen LogP contribution in [0.5, 0.6) is 0 Å². The molecule has 0 spiro atoms. The number of nitrogens with zero attached hydrogens (tertiary/aromatic N) is 4. The highest BCUT2D eigenvalue weighted by atomic mass is 16.5. The zero-order valence-corrected chi connectivity index (χ0v) is 17.9. The number of rotatable bonds is 5. The molecular formula is C24H32N4O. The fraction of sp³-hybridized carbons (Fsp3) is 0.583. The summed E-state index contributed by atoms with van der Waals surface area (Å²) in [6.07, 6.45) is 5.86. The molecule has 2 fully saturated rings. The van der Waals surface area contributed by atoms with Crippen molar-refractivity contribution in [3.63, 3.8) is 0 Å². The Morgan fingerprint density at radius 3 is 2.90 bits per heavy atom. The average Bonchev–Trinajstić information content (AvgIpc) is 3.15. The largest absolute Gasteiger partial charge is 0.376 e. The van der Waals surface area contributed by atoms with Gasteiger partial charge in [0.25, 0.3) is 0 Å². The summed E-state index contributed by atoms with van der Waals surface area (Å²) < 4.78 is 7.75. The second-order valence-corrected chi connectivity index (χ2v) is 9.31. The van der Waals surface area contributed by atoms with E-state index < -0.39 is 0 Å². The topological polar surface area (TPSA) is 43.2 Å². The van der Waals surface area contributed by atoms with Crippen molar-refractivity contribution in [2.75, 3.05) is 26.2 Å². The molecule has 2 aliphatic rings. The Balaban J connectivity index is 1.36. The predicted octanol–water partition coefficient (Wildman–Crippen LogP) is 3.69. The third-order valence-corrected chi connectivity index (χ3v) is 5.89. The first-order chi connectivity index (χ1) is 14.0. The maximum atomic E-state index is 5.82. The second-order valence-electron chi connectivity index (χ2n) is 9.31. The first-order valence-electron chi connectivity index (χ1n) is 10.8. The number of benzene rings is 1. The van der Waals surface area contributed by atoms with E-state index in [9.17, 15) is 0 Å². The van der Waals surface area contributed by atoms with Gasteiger partial charge in [0.2, 0.25) is 0 Å². The molecule has 0 bridgehead atoms. The van der Waals surface area contributed by atoms with Gasteiger partial charge in [-0.25, -0.2) is 4.68 Å². The van der Waals surface area contributed by atoms with Gasteiger partial charge in [0, 0.05) is 37.4 Å². The van der Waals surface area contributed by atoms with Gasteiger partial charge in [-0.05, 0) is 42.4 Å². The SMILES string of the molecule is CC(c1cccc(C#CCN2CC(C)(C)C2)c1)c1cn(CC2CCCCO2)nn1. The smallest absolute Gasteiger partial charge is 0.0898 e. The van der Waals surface area contributed by atoms with Gasteiger partial charge >= 0.3 is 0 Å². The van der Waals surface area contributed by atoms with Gasteiger partial charge in [-0.2, -0.15) is 0 Å². The molecule has 0 amide bonds. The van der Waals surface area contributed by atoms with E-state index in [0.29, 0.717) is 5.41 Å². The Hall–Kier alpha value is -2.16. The first-order valence-corrected chi connectivity index (χ1v) is 10.8. The molecule has 3 heterocycles. The lowest BCUT2D eigenvalue weighted by molar-refractivity contribution is 0.00369. The molecule has 0 aliphatic carbocycles. The monoisotopic (exact) mass is 392 g/mol. The summed E-state index contributed by atoms with van der Waals surface area (Å²) >= 11 is 0. The Labute approximate surface area is 174 Å². The molecule has 1 aromatic heterocycles. The van der Waals surface area contributed by atoms with E-state index >= 15 is 0 Å². The molecule has 1 aromatic carbocycles. The lowest BCUT2D eigenvalue weighted by Crippen LogP contribution is -2.52. The van der Waals surface area contributed by atoms with Crippen molar-refractivity contribution in [2.45, 2.75) is 58.6 Å². The Morgan fingerprint density at radius 1 is 1.28 bits per heavy atom. The van der Waals surface area contributed by atoms with Gasteiger partial charge in [0.05, 0.1) is 24.9 Å². The van der Waals surface area contributed by atoms with E-state index in [1.54, 1.807) is 0 Å². The molecule has 29 heavy (non-hydrogen) atoms. The molecule has 4 rings (SSSR count). The summed E-state index contributed by atoms with van der Waals surface area (Å²) in [5.41, 5.74) is 3.74. The maximum Gasteiger partial charge on any atom is 0.0898 e. The predicted molar refractivity (Wildman–Crippen MR) is 115 cm³/mol. The summed E-state index contributed by atoms with van der Waals surface area (Å²) in [6.45, 7) is 11.6. The van der Waals surface area contributed by atoms with Gasteiger partial charge in [0.1, 0.15) is 0 Å². The zero-order chi connectivity index (χ0) is 20.3. The first kappa shape index (κ1) is 20.1. The van der Waals surface area contributed by atoms with Crippen LogP contribution in [0.1, 0.15) is 62.8 Å². The molecule has 2 atom stereocenters. The number of hydrogen-bond acceptors (Lipinski definition) is 4. The van der Waals surface area contributed by atoms with E-state index in [0.717, 1.165) is 50.5 Å². The summed E-state index contributed by atoms with van der Waals surface area (Å²) in [4.78, 5) is 2.40. The van der Waals surface area contributed by atoms with E-state index in [2.05, 4.69) is 78.3 Å². The van der Waals surface area contributed by atoms with Crippen LogP contribution in [-0.2, 0) is 11.3 Å². The zero-order valence-electron chi connectivity index (χ0n) is 17.9. The normalized spacial score (nSPS) is 22.4. The number of ether oxygens (including phenoxy) is 1. The minimum absolute atomic E-state index is 0.189. The number of likely N-dealkylation sites (tertiary alicyclic amines) is 1. The molecule has 0 radical (unpaired) electrons. The molecule has 2 saturated heterocycles. The van der Waals surface area contributed by atoms with E-state index in [4.69, 9.17) is 4.74 Å². The molecule has 0 saturated carbocycles. The van der Waals surface area contributed by atoms with Crippen LogP contribution in [0.2, 0.25) is 0 Å². The van der Waals surface area contributed by atoms with Gasteiger partial charge < -0.3 is 4.74 Å². The molecule has 2 aromatic rings. The summed E-state index contributed by atoms with van der Waals surface area (Å²) in [7, 11) is 0. The number of aromatic nitrogens is 3. The Morgan fingerprint density at radius 2 is 2.14 bits per heavy atom. The van der Waals surface area contributed by atoms with Crippen LogP contribution < -0.4 is 0 Å².